The molecule has 2 atom stereocenters. The van der Waals surface area contributed by atoms with Crippen LogP contribution < -0.4 is 0 Å². The maximum Gasteiger partial charge on any atom is 0.327 e. The summed E-state index contributed by atoms with van der Waals surface area (Å²) in [5, 5.41) is 9.17. The predicted molar refractivity (Wildman–Crippen MR) is 73.4 cm³/mol. The molecule has 1 aliphatic rings. The van der Waals surface area contributed by atoms with Gasteiger partial charge in [0, 0.05) is 11.8 Å². The van der Waals surface area contributed by atoms with Crippen molar-refractivity contribution in [3.63, 3.8) is 0 Å². The molecule has 0 aliphatic carbocycles. The van der Waals surface area contributed by atoms with E-state index in [1.807, 2.05) is 13.8 Å². The highest BCUT2D eigenvalue weighted by Crippen LogP contribution is 2.33. The van der Waals surface area contributed by atoms with Crippen molar-refractivity contribution in [3.05, 3.63) is 11.6 Å². The lowest BCUT2D eigenvalue weighted by atomic mass is 10.1. The summed E-state index contributed by atoms with van der Waals surface area (Å²) in [6.45, 7) is 7.85. The second-order valence-electron chi connectivity index (χ2n) is 5.24. The molecule has 1 aliphatic heterocycles. The Kier molecular flexibility index (Phi) is 5.26. The van der Waals surface area contributed by atoms with Crippen molar-refractivity contribution in [3.8, 4) is 0 Å². The second kappa shape index (κ2) is 6.27. The van der Waals surface area contributed by atoms with E-state index >= 15 is 0 Å². The van der Waals surface area contributed by atoms with Gasteiger partial charge in [0.05, 0.1) is 5.37 Å². The SMILES string of the molecule is CC(C)=CC(=O)N1[C@H](CC(C)C)SC[C@H]1C(=O)O. The lowest BCUT2D eigenvalue weighted by Crippen LogP contribution is -2.45. The van der Waals surface area contributed by atoms with Gasteiger partial charge in [0.15, 0.2) is 0 Å². The Balaban J connectivity index is 2.91. The van der Waals surface area contributed by atoms with E-state index in [0.29, 0.717) is 11.7 Å². The van der Waals surface area contributed by atoms with E-state index in [2.05, 4.69) is 13.8 Å². The van der Waals surface area contributed by atoms with Gasteiger partial charge in [-0.05, 0) is 26.2 Å². The third-order valence-corrected chi connectivity index (χ3v) is 4.03. The summed E-state index contributed by atoms with van der Waals surface area (Å²) in [5.41, 5.74) is 0.893. The topological polar surface area (TPSA) is 57.6 Å². The second-order valence-corrected chi connectivity index (χ2v) is 6.45. The number of carbonyl (C=O) groups is 2. The van der Waals surface area contributed by atoms with Crippen LogP contribution >= 0.6 is 11.8 Å². The summed E-state index contributed by atoms with van der Waals surface area (Å²) in [7, 11) is 0. The van der Waals surface area contributed by atoms with Crippen LogP contribution in [0.15, 0.2) is 11.6 Å². The highest BCUT2D eigenvalue weighted by Gasteiger charge is 2.40. The van der Waals surface area contributed by atoms with E-state index < -0.39 is 12.0 Å². The first-order chi connectivity index (χ1) is 8.32. The molecule has 1 amide bonds. The number of rotatable bonds is 4. The van der Waals surface area contributed by atoms with E-state index in [9.17, 15) is 14.7 Å². The molecule has 0 bridgehead atoms. The summed E-state index contributed by atoms with van der Waals surface area (Å²) < 4.78 is 0. The maximum absolute atomic E-state index is 12.1. The highest BCUT2D eigenvalue weighted by atomic mass is 32.2. The quantitative estimate of drug-likeness (QED) is 0.797. The molecule has 0 unspecified atom stereocenters. The van der Waals surface area contributed by atoms with Crippen molar-refractivity contribution in [1.82, 2.24) is 4.90 Å². The van der Waals surface area contributed by atoms with Crippen LogP contribution in [-0.4, -0.2) is 39.1 Å². The molecule has 1 fully saturated rings. The molecule has 1 heterocycles. The fourth-order valence-electron chi connectivity index (χ4n) is 1.96. The smallest absolute Gasteiger partial charge is 0.327 e. The van der Waals surface area contributed by atoms with E-state index in [0.717, 1.165) is 12.0 Å². The molecule has 4 nitrogen and oxygen atoms in total. The Bertz CT molecular complexity index is 361. The van der Waals surface area contributed by atoms with E-state index in [1.165, 1.54) is 11.0 Å². The lowest BCUT2D eigenvalue weighted by molar-refractivity contribution is -0.147. The molecule has 102 valence electrons. The Labute approximate surface area is 112 Å². The minimum atomic E-state index is -0.913. The molecule has 1 rings (SSSR count). The molecule has 0 saturated carbocycles. The Morgan fingerprint density at radius 3 is 2.50 bits per heavy atom. The number of thioether (sulfide) groups is 1. The molecule has 0 aromatic carbocycles. The number of hydrogen-bond acceptors (Lipinski definition) is 3. The summed E-state index contributed by atoms with van der Waals surface area (Å²) in [6.07, 6.45) is 2.35. The highest BCUT2D eigenvalue weighted by molar-refractivity contribution is 8.00. The number of carboxylic acids is 1. The fourth-order valence-corrected chi connectivity index (χ4v) is 3.60. The average Bonchev–Trinajstić information content (AvgIpc) is 2.59. The summed E-state index contributed by atoms with van der Waals surface area (Å²) in [5.74, 6) is -0.172. The van der Waals surface area contributed by atoms with Crippen molar-refractivity contribution in [2.24, 2.45) is 5.92 Å². The van der Waals surface area contributed by atoms with Crippen molar-refractivity contribution in [2.75, 3.05) is 5.75 Å². The monoisotopic (exact) mass is 271 g/mol. The third-order valence-electron chi connectivity index (χ3n) is 2.72. The standard InChI is InChI=1S/C13H21NO3S/c1-8(2)5-11(15)14-10(13(16)17)7-18-12(14)6-9(3)4/h5,9-10,12H,6-7H2,1-4H3,(H,16,17)/t10-,12-/m0/s1. The largest absolute Gasteiger partial charge is 0.480 e. The maximum atomic E-state index is 12.1. The van der Waals surface area contributed by atoms with Crippen LogP contribution in [0.25, 0.3) is 0 Å². The molecule has 1 saturated heterocycles. The van der Waals surface area contributed by atoms with Gasteiger partial charge >= 0.3 is 5.97 Å². The molecule has 18 heavy (non-hydrogen) atoms. The Hall–Kier alpha value is -0.970. The fraction of sp³-hybridized carbons (Fsp3) is 0.692. The molecule has 0 spiro atoms. The average molecular weight is 271 g/mol. The van der Waals surface area contributed by atoms with Crippen LogP contribution in [0, 0.1) is 5.92 Å². The molecule has 5 heteroatoms. The first-order valence-electron chi connectivity index (χ1n) is 6.14. The molecule has 0 radical (unpaired) electrons. The van der Waals surface area contributed by atoms with Crippen molar-refractivity contribution >= 4 is 23.6 Å². The summed E-state index contributed by atoms with van der Waals surface area (Å²) in [4.78, 5) is 24.9. The number of aliphatic carboxylic acids is 1. The lowest BCUT2D eigenvalue weighted by Gasteiger charge is -2.27. The molecule has 0 aromatic heterocycles. The number of nitrogens with zero attached hydrogens (tertiary/aromatic N) is 1. The number of carboxylic acid groups (broad SMARTS) is 1. The zero-order valence-corrected chi connectivity index (χ0v) is 12.2. The Morgan fingerprint density at radius 2 is 2.06 bits per heavy atom. The summed E-state index contributed by atoms with van der Waals surface area (Å²) >= 11 is 1.57. The first-order valence-corrected chi connectivity index (χ1v) is 7.19. The molecular weight excluding hydrogens is 250 g/mol. The van der Waals surface area contributed by atoms with E-state index in [-0.39, 0.29) is 11.3 Å². The van der Waals surface area contributed by atoms with Crippen LogP contribution in [-0.2, 0) is 9.59 Å². The van der Waals surface area contributed by atoms with Gasteiger partial charge in [0.25, 0.3) is 0 Å². The van der Waals surface area contributed by atoms with Crippen LogP contribution in [0.3, 0.4) is 0 Å². The molecular formula is C13H21NO3S. The van der Waals surface area contributed by atoms with Crippen molar-refractivity contribution < 1.29 is 14.7 Å². The van der Waals surface area contributed by atoms with Gasteiger partial charge < -0.3 is 10.0 Å². The van der Waals surface area contributed by atoms with E-state index in [4.69, 9.17) is 0 Å². The van der Waals surface area contributed by atoms with E-state index in [1.54, 1.807) is 11.8 Å². The summed E-state index contributed by atoms with van der Waals surface area (Å²) in [6, 6.07) is -0.693. The zero-order valence-electron chi connectivity index (χ0n) is 11.3. The van der Waals surface area contributed by atoms with Gasteiger partial charge in [-0.1, -0.05) is 19.4 Å². The van der Waals surface area contributed by atoms with Gasteiger partial charge in [-0.3, -0.25) is 4.79 Å². The van der Waals surface area contributed by atoms with Gasteiger partial charge in [-0.25, -0.2) is 4.79 Å². The van der Waals surface area contributed by atoms with Crippen LogP contribution in [0.2, 0.25) is 0 Å². The van der Waals surface area contributed by atoms with Gasteiger partial charge in [-0.2, -0.15) is 0 Å². The molecule has 0 aromatic rings. The van der Waals surface area contributed by atoms with Crippen LogP contribution in [0.4, 0.5) is 0 Å². The first kappa shape index (κ1) is 15.1. The number of hydrogen-bond donors (Lipinski definition) is 1. The van der Waals surface area contributed by atoms with Crippen molar-refractivity contribution in [2.45, 2.75) is 45.5 Å². The van der Waals surface area contributed by atoms with Gasteiger partial charge in [-0.15, -0.1) is 11.8 Å². The zero-order chi connectivity index (χ0) is 13.9. The third kappa shape index (κ3) is 3.77. The normalized spacial score (nSPS) is 23.3. The predicted octanol–water partition coefficient (Wildman–Crippen LogP) is 2.35. The minimum Gasteiger partial charge on any atom is -0.480 e. The van der Waals surface area contributed by atoms with Crippen LogP contribution in [0.1, 0.15) is 34.1 Å². The van der Waals surface area contributed by atoms with Crippen molar-refractivity contribution in [1.29, 1.82) is 0 Å². The van der Waals surface area contributed by atoms with Gasteiger partial charge in [0.2, 0.25) is 5.91 Å². The number of carbonyl (C=O) groups excluding carboxylic acids is 1. The molecule has 1 N–H and O–H groups in total. The number of amides is 1. The Morgan fingerprint density at radius 1 is 1.44 bits per heavy atom. The minimum absolute atomic E-state index is 0.0193. The van der Waals surface area contributed by atoms with Gasteiger partial charge in [0.1, 0.15) is 6.04 Å². The van der Waals surface area contributed by atoms with Crippen LogP contribution in [0.5, 0.6) is 0 Å². The number of allylic oxidation sites excluding steroid dienone is 1.